The number of carbonyl (C=O) groups excluding carboxylic acids is 1. The highest BCUT2D eigenvalue weighted by atomic mass is 16.4. The Balaban J connectivity index is 1.66. The highest BCUT2D eigenvalue weighted by molar-refractivity contribution is 5.95. The second-order valence-electron chi connectivity index (χ2n) is 6.87. The summed E-state index contributed by atoms with van der Waals surface area (Å²) in [5.41, 5.74) is 5.83. The summed E-state index contributed by atoms with van der Waals surface area (Å²) < 4.78 is 0. The number of carboxylic acid groups (broad SMARTS) is 1. The van der Waals surface area contributed by atoms with Crippen LogP contribution in [0.2, 0.25) is 0 Å². The van der Waals surface area contributed by atoms with Crippen LogP contribution in [0, 0.1) is 5.41 Å². The average Bonchev–Trinajstić information content (AvgIpc) is 2.67. The number of amidine groups is 1. The molecular weight excluding hydrogens is 362 g/mol. The van der Waals surface area contributed by atoms with Crippen molar-refractivity contribution in [2.24, 2.45) is 5.73 Å². The van der Waals surface area contributed by atoms with Crippen LogP contribution in [0.4, 0.5) is 0 Å². The van der Waals surface area contributed by atoms with Crippen LogP contribution in [0.5, 0.6) is 0 Å². The molecule has 0 spiro atoms. The first kappa shape index (κ1) is 19.4. The highest BCUT2D eigenvalue weighted by Gasteiger charge is 2.36. The number of carbonyl (C=O) groups is 2. The molecular formula is C19H21N5O4. The van der Waals surface area contributed by atoms with Crippen LogP contribution in [0.25, 0.3) is 11.4 Å². The maximum absolute atomic E-state index is 12.6. The van der Waals surface area contributed by atoms with Crippen LogP contribution >= 0.6 is 0 Å². The zero-order chi connectivity index (χ0) is 20.3. The van der Waals surface area contributed by atoms with Gasteiger partial charge in [0.05, 0.1) is 17.6 Å². The minimum Gasteiger partial charge on any atom is -0.481 e. The van der Waals surface area contributed by atoms with Gasteiger partial charge in [0, 0.05) is 36.6 Å². The maximum atomic E-state index is 12.6. The third-order valence-electron chi connectivity index (χ3n) is 4.81. The number of hydrogen-bond acceptors (Lipinski definition) is 6. The van der Waals surface area contributed by atoms with Gasteiger partial charge in [0.2, 0.25) is 0 Å². The number of benzene rings is 1. The van der Waals surface area contributed by atoms with E-state index in [4.69, 9.17) is 16.2 Å². The first-order chi connectivity index (χ1) is 13.3. The van der Waals surface area contributed by atoms with Gasteiger partial charge in [0.1, 0.15) is 5.84 Å². The number of aliphatic carboxylic acids is 1. The van der Waals surface area contributed by atoms with Crippen LogP contribution < -0.4 is 5.73 Å². The molecule has 28 heavy (non-hydrogen) atoms. The van der Waals surface area contributed by atoms with E-state index in [0.29, 0.717) is 17.0 Å². The predicted molar refractivity (Wildman–Crippen MR) is 101 cm³/mol. The molecule has 1 amide bonds. The number of carboxylic acids is 1. The van der Waals surface area contributed by atoms with E-state index in [1.807, 2.05) is 0 Å². The van der Waals surface area contributed by atoms with Gasteiger partial charge in [-0.2, -0.15) is 0 Å². The fourth-order valence-electron chi connectivity index (χ4n) is 3.15. The third-order valence-corrected chi connectivity index (χ3v) is 4.81. The highest BCUT2D eigenvalue weighted by Crippen LogP contribution is 2.26. The molecule has 5 N–H and O–H groups in total. The molecule has 2 aromatic rings. The van der Waals surface area contributed by atoms with Gasteiger partial charge >= 0.3 is 5.97 Å². The van der Waals surface area contributed by atoms with E-state index < -0.39 is 11.6 Å². The summed E-state index contributed by atoms with van der Waals surface area (Å²) in [5, 5.41) is 26.5. The number of aromatic nitrogens is 2. The van der Waals surface area contributed by atoms with Crippen molar-refractivity contribution >= 4 is 17.7 Å². The van der Waals surface area contributed by atoms with Crippen molar-refractivity contribution in [1.29, 1.82) is 5.41 Å². The van der Waals surface area contributed by atoms with Gasteiger partial charge in [-0.15, -0.1) is 0 Å². The minimum absolute atomic E-state index is 0.0230. The number of aliphatic hydroxyl groups is 1. The number of nitrogen functional groups attached to an aromatic ring is 1. The smallest absolute Gasteiger partial charge is 0.306 e. The number of nitrogens with zero attached hydrogens (tertiary/aromatic N) is 3. The predicted octanol–water partition coefficient (Wildman–Crippen LogP) is 0.869. The lowest BCUT2D eigenvalue weighted by Gasteiger charge is -2.37. The van der Waals surface area contributed by atoms with Gasteiger partial charge < -0.3 is 20.8 Å². The number of rotatable bonds is 5. The van der Waals surface area contributed by atoms with Gasteiger partial charge in [0.25, 0.3) is 5.91 Å². The Morgan fingerprint density at radius 3 is 2.18 bits per heavy atom. The summed E-state index contributed by atoms with van der Waals surface area (Å²) in [6.45, 7) is 0.549. The molecule has 1 saturated heterocycles. The Kier molecular flexibility index (Phi) is 5.36. The second kappa shape index (κ2) is 7.73. The summed E-state index contributed by atoms with van der Waals surface area (Å²) >= 11 is 0. The number of piperidine rings is 1. The molecule has 2 heterocycles. The summed E-state index contributed by atoms with van der Waals surface area (Å²) in [6.07, 6.45) is 3.00. The molecule has 1 aromatic heterocycles. The topological polar surface area (TPSA) is 153 Å². The third kappa shape index (κ3) is 4.32. The average molecular weight is 383 g/mol. The molecule has 1 aliphatic heterocycles. The van der Waals surface area contributed by atoms with E-state index in [1.165, 1.54) is 12.4 Å². The maximum Gasteiger partial charge on any atom is 0.306 e. The molecule has 1 aliphatic rings. The van der Waals surface area contributed by atoms with Crippen molar-refractivity contribution in [1.82, 2.24) is 14.9 Å². The normalized spacial score (nSPS) is 15.8. The Morgan fingerprint density at radius 1 is 1.11 bits per heavy atom. The second-order valence-corrected chi connectivity index (χ2v) is 6.87. The van der Waals surface area contributed by atoms with Gasteiger partial charge in [-0.25, -0.2) is 9.97 Å². The molecule has 0 bridgehead atoms. The minimum atomic E-state index is -1.27. The summed E-state index contributed by atoms with van der Waals surface area (Å²) in [7, 11) is 0. The van der Waals surface area contributed by atoms with Crippen LogP contribution in [-0.2, 0) is 4.79 Å². The number of nitrogens with two attached hydrogens (primary N) is 1. The van der Waals surface area contributed by atoms with Gasteiger partial charge in [-0.05, 0) is 12.8 Å². The summed E-state index contributed by atoms with van der Waals surface area (Å²) in [5.74, 6) is -0.884. The number of amides is 1. The lowest BCUT2D eigenvalue weighted by atomic mass is 9.88. The zero-order valence-electron chi connectivity index (χ0n) is 15.1. The zero-order valence-corrected chi connectivity index (χ0v) is 15.1. The van der Waals surface area contributed by atoms with Crippen LogP contribution in [-0.4, -0.2) is 61.5 Å². The number of likely N-dealkylation sites (tertiary alicyclic amines) is 1. The monoisotopic (exact) mass is 383 g/mol. The fraction of sp³-hybridized carbons (Fsp3) is 0.316. The fourth-order valence-corrected chi connectivity index (χ4v) is 3.15. The van der Waals surface area contributed by atoms with Crippen molar-refractivity contribution in [3.05, 3.63) is 47.8 Å². The standard InChI is InChI=1S/C19H21N5O4/c20-16(21)12-1-3-13(4-2-12)17-22-10-14(11-23-17)18(27)24-7-5-19(28,6-8-24)9-15(25)26/h1-4,10-11,28H,5-9H2,(H3,20,21)(H,25,26). The van der Waals surface area contributed by atoms with Gasteiger partial charge in [-0.1, -0.05) is 24.3 Å². The molecule has 0 unspecified atom stereocenters. The molecule has 0 aliphatic carbocycles. The van der Waals surface area contributed by atoms with Crippen LogP contribution in [0.15, 0.2) is 36.7 Å². The Morgan fingerprint density at radius 2 is 1.68 bits per heavy atom. The van der Waals surface area contributed by atoms with E-state index in [-0.39, 0.29) is 44.1 Å². The molecule has 1 aromatic carbocycles. The molecule has 0 radical (unpaired) electrons. The van der Waals surface area contributed by atoms with E-state index in [9.17, 15) is 14.7 Å². The summed E-state index contributed by atoms with van der Waals surface area (Å²) in [4.78, 5) is 33.5. The van der Waals surface area contributed by atoms with Crippen molar-refractivity contribution < 1.29 is 19.8 Å². The van der Waals surface area contributed by atoms with E-state index in [0.717, 1.165) is 5.56 Å². The quantitative estimate of drug-likeness (QED) is 0.441. The van der Waals surface area contributed by atoms with Crippen molar-refractivity contribution in [2.75, 3.05) is 13.1 Å². The van der Waals surface area contributed by atoms with E-state index in [1.54, 1.807) is 29.2 Å². The van der Waals surface area contributed by atoms with E-state index >= 15 is 0 Å². The van der Waals surface area contributed by atoms with Crippen molar-refractivity contribution in [3.63, 3.8) is 0 Å². The number of nitrogens with one attached hydrogen (secondary N) is 1. The molecule has 1 fully saturated rings. The largest absolute Gasteiger partial charge is 0.481 e. The SMILES string of the molecule is N=C(N)c1ccc(-c2ncc(C(=O)N3CCC(O)(CC(=O)O)CC3)cn2)cc1. The molecule has 3 rings (SSSR count). The molecule has 0 saturated carbocycles. The number of hydrogen-bond donors (Lipinski definition) is 4. The van der Waals surface area contributed by atoms with Crippen LogP contribution in [0.3, 0.4) is 0 Å². The molecule has 9 nitrogen and oxygen atoms in total. The Labute approximate surface area is 161 Å². The van der Waals surface area contributed by atoms with E-state index in [2.05, 4.69) is 9.97 Å². The first-order valence-electron chi connectivity index (χ1n) is 8.78. The Bertz CT molecular complexity index is 888. The molecule has 0 atom stereocenters. The lowest BCUT2D eigenvalue weighted by molar-refractivity contribution is -0.144. The lowest BCUT2D eigenvalue weighted by Crippen LogP contribution is -2.47. The first-order valence-corrected chi connectivity index (χ1v) is 8.78. The van der Waals surface area contributed by atoms with Crippen molar-refractivity contribution in [2.45, 2.75) is 24.9 Å². The van der Waals surface area contributed by atoms with Gasteiger partial charge in [0.15, 0.2) is 5.82 Å². The van der Waals surface area contributed by atoms with Crippen LogP contribution in [0.1, 0.15) is 35.2 Å². The Hall–Kier alpha value is -3.33. The molecule has 9 heteroatoms. The summed E-state index contributed by atoms with van der Waals surface area (Å²) in [6, 6.07) is 6.90. The van der Waals surface area contributed by atoms with Crippen molar-refractivity contribution in [3.8, 4) is 11.4 Å². The van der Waals surface area contributed by atoms with Gasteiger partial charge in [-0.3, -0.25) is 15.0 Å². The molecule has 146 valence electrons.